The molecule has 10 nitrogen and oxygen atoms in total. The SMILES string of the molecule is COc1ccc(C23CCC(CN(C(=O)C4CCC(OC(=O)NCCCO)CC4)c4cc(-c5cnn(C(C)(C)C)c5)ccn4)(CC2)CC3)cc1C. The second-order valence-electron chi connectivity index (χ2n) is 16.0. The van der Waals surface area contributed by atoms with Crippen molar-refractivity contribution in [2.45, 2.75) is 115 Å². The topological polar surface area (TPSA) is 119 Å². The van der Waals surface area contributed by atoms with E-state index in [1.807, 2.05) is 28.0 Å². The van der Waals surface area contributed by atoms with Gasteiger partial charge in [0, 0.05) is 43.6 Å². The largest absolute Gasteiger partial charge is 0.496 e. The average Bonchev–Trinajstić information content (AvgIpc) is 3.64. The number of methoxy groups -OCH3 is 1. The molecule has 2 heterocycles. The minimum absolute atomic E-state index is 0.0207. The number of benzene rings is 1. The Hall–Kier alpha value is -3.92. The Balaban J connectivity index is 1.21. The van der Waals surface area contributed by atoms with Gasteiger partial charge in [0.05, 0.1) is 18.8 Å². The van der Waals surface area contributed by atoms with E-state index in [2.05, 4.69) is 68.6 Å². The van der Waals surface area contributed by atoms with Crippen LogP contribution >= 0.6 is 0 Å². The fourth-order valence-corrected chi connectivity index (χ4v) is 8.44. The van der Waals surface area contributed by atoms with Gasteiger partial charge in [-0.05, 0) is 144 Å². The number of fused-ring (bicyclic) bond motifs is 3. The summed E-state index contributed by atoms with van der Waals surface area (Å²) in [4.78, 5) is 33.7. The maximum atomic E-state index is 14.6. The number of aromatic nitrogens is 3. The summed E-state index contributed by atoms with van der Waals surface area (Å²) < 4.78 is 13.2. The smallest absolute Gasteiger partial charge is 0.407 e. The summed E-state index contributed by atoms with van der Waals surface area (Å²) in [6.45, 7) is 9.57. The van der Waals surface area contributed by atoms with Crippen LogP contribution in [0.2, 0.25) is 0 Å². The molecule has 0 spiro atoms. The number of aliphatic hydroxyl groups excluding tert-OH is 1. The van der Waals surface area contributed by atoms with E-state index in [0.717, 1.165) is 55.4 Å². The minimum Gasteiger partial charge on any atom is -0.496 e. The van der Waals surface area contributed by atoms with Crippen molar-refractivity contribution in [1.29, 1.82) is 0 Å². The predicted octanol–water partition coefficient (Wildman–Crippen LogP) is 7.31. The van der Waals surface area contributed by atoms with Crippen molar-refractivity contribution in [3.63, 3.8) is 0 Å². The van der Waals surface area contributed by atoms with E-state index in [1.165, 1.54) is 11.1 Å². The molecule has 270 valence electrons. The zero-order valence-corrected chi connectivity index (χ0v) is 30.5. The molecule has 0 atom stereocenters. The molecule has 2 N–H and O–H groups in total. The summed E-state index contributed by atoms with van der Waals surface area (Å²) in [5.74, 6) is 1.59. The van der Waals surface area contributed by atoms with Gasteiger partial charge < -0.3 is 19.9 Å². The molecule has 1 aromatic carbocycles. The summed E-state index contributed by atoms with van der Waals surface area (Å²) in [6, 6.07) is 10.7. The van der Waals surface area contributed by atoms with Crippen LogP contribution in [0.5, 0.6) is 5.75 Å². The molecule has 2 amide bonds. The number of aliphatic hydroxyl groups is 1. The maximum absolute atomic E-state index is 14.6. The number of alkyl carbamates (subject to hydrolysis) is 1. The lowest BCUT2D eigenvalue weighted by molar-refractivity contribution is -0.124. The molecule has 0 saturated heterocycles. The van der Waals surface area contributed by atoms with Gasteiger partial charge in [-0.3, -0.25) is 14.4 Å². The molecule has 4 fully saturated rings. The number of hydrogen-bond acceptors (Lipinski definition) is 7. The summed E-state index contributed by atoms with van der Waals surface area (Å²) >= 11 is 0. The van der Waals surface area contributed by atoms with Crippen LogP contribution < -0.4 is 15.0 Å². The predicted molar refractivity (Wildman–Crippen MR) is 194 cm³/mol. The monoisotopic (exact) mass is 685 g/mol. The lowest BCUT2D eigenvalue weighted by Gasteiger charge is -2.55. The highest BCUT2D eigenvalue weighted by Gasteiger charge is 2.51. The van der Waals surface area contributed by atoms with Gasteiger partial charge in [-0.2, -0.15) is 5.10 Å². The molecule has 10 heteroatoms. The van der Waals surface area contributed by atoms with Crippen LogP contribution in [0.4, 0.5) is 10.6 Å². The molecule has 2 bridgehead atoms. The molecule has 4 saturated carbocycles. The number of pyridine rings is 1. The van der Waals surface area contributed by atoms with Crippen LogP contribution in [-0.2, 0) is 20.5 Å². The van der Waals surface area contributed by atoms with E-state index in [4.69, 9.17) is 19.6 Å². The van der Waals surface area contributed by atoms with E-state index in [-0.39, 0.29) is 40.9 Å². The fourth-order valence-electron chi connectivity index (χ4n) is 8.44. The van der Waals surface area contributed by atoms with Crippen molar-refractivity contribution >= 4 is 17.8 Å². The van der Waals surface area contributed by atoms with Crippen molar-refractivity contribution in [1.82, 2.24) is 20.1 Å². The quantitative estimate of drug-likeness (QED) is 0.203. The van der Waals surface area contributed by atoms with E-state index in [0.29, 0.717) is 51.0 Å². The highest BCUT2D eigenvalue weighted by Crippen LogP contribution is 2.58. The number of aryl methyl sites for hydroxylation is 1. The van der Waals surface area contributed by atoms with Crippen molar-refractivity contribution in [3.05, 3.63) is 60.0 Å². The number of hydrogen-bond donors (Lipinski definition) is 2. The van der Waals surface area contributed by atoms with Crippen LogP contribution in [0, 0.1) is 18.3 Å². The summed E-state index contributed by atoms with van der Waals surface area (Å²) in [5, 5.41) is 16.3. The van der Waals surface area contributed by atoms with Gasteiger partial charge in [0.15, 0.2) is 0 Å². The maximum Gasteiger partial charge on any atom is 0.407 e. The van der Waals surface area contributed by atoms with Crippen LogP contribution in [0.3, 0.4) is 0 Å². The number of nitrogens with one attached hydrogen (secondary N) is 1. The number of amides is 2. The number of ether oxygens (including phenoxy) is 2. The first kappa shape index (κ1) is 35.9. The van der Waals surface area contributed by atoms with Crippen LogP contribution in [-0.4, -0.2) is 64.8 Å². The van der Waals surface area contributed by atoms with Gasteiger partial charge in [-0.1, -0.05) is 12.1 Å². The van der Waals surface area contributed by atoms with Gasteiger partial charge in [0.2, 0.25) is 5.91 Å². The first-order valence-corrected chi connectivity index (χ1v) is 18.5. The molecule has 4 aliphatic carbocycles. The summed E-state index contributed by atoms with van der Waals surface area (Å²) in [7, 11) is 1.73. The Labute approximate surface area is 296 Å². The van der Waals surface area contributed by atoms with Crippen LogP contribution in [0.15, 0.2) is 48.9 Å². The molecular formula is C40H55N5O5. The molecule has 50 heavy (non-hydrogen) atoms. The van der Waals surface area contributed by atoms with Crippen LogP contribution in [0.1, 0.15) is 103 Å². The van der Waals surface area contributed by atoms with E-state index < -0.39 is 6.09 Å². The minimum atomic E-state index is -0.458. The number of nitrogens with zero attached hydrogens (tertiary/aromatic N) is 4. The van der Waals surface area contributed by atoms with Gasteiger partial charge in [0.1, 0.15) is 17.7 Å². The summed E-state index contributed by atoms with van der Waals surface area (Å²) in [5.41, 5.74) is 4.68. The number of rotatable bonds is 11. The average molecular weight is 686 g/mol. The second kappa shape index (κ2) is 14.7. The standard InChI is InChI=1S/C40H55N5O5/c1-28-23-32(9-12-34(28)49-5)40-17-14-39(15-18-40,16-19-40)27-44(35-24-30(13-21-41-35)31-25-43-45(26-31)38(2,3)4)36(47)29-7-10-33(11-8-29)50-37(48)42-20-6-22-46/h9,12-13,21,23-26,29,33,46H,6-8,10-11,14-20,22,27H2,1-5H3,(H,42,48). The number of carbonyl (C=O) groups is 2. The van der Waals surface area contributed by atoms with Crippen molar-refractivity contribution < 1.29 is 24.2 Å². The van der Waals surface area contributed by atoms with Crippen molar-refractivity contribution in [2.24, 2.45) is 11.3 Å². The highest BCUT2D eigenvalue weighted by atomic mass is 16.6. The molecule has 2 aromatic heterocycles. The summed E-state index contributed by atoms with van der Waals surface area (Å²) in [6.07, 6.45) is 14.8. The zero-order valence-electron chi connectivity index (χ0n) is 30.5. The van der Waals surface area contributed by atoms with E-state index in [1.54, 1.807) is 7.11 Å². The molecular weight excluding hydrogens is 630 g/mol. The fraction of sp³-hybridized carbons (Fsp3) is 0.600. The third-order valence-electron chi connectivity index (χ3n) is 11.7. The first-order chi connectivity index (χ1) is 23.9. The van der Waals surface area contributed by atoms with Gasteiger partial charge >= 0.3 is 6.09 Å². The Bertz CT molecular complexity index is 1630. The Morgan fingerprint density at radius 2 is 1.74 bits per heavy atom. The Morgan fingerprint density at radius 1 is 1.02 bits per heavy atom. The molecule has 4 aliphatic rings. The van der Waals surface area contributed by atoms with Gasteiger partial charge in [-0.25, -0.2) is 9.78 Å². The Morgan fingerprint density at radius 3 is 2.36 bits per heavy atom. The van der Waals surface area contributed by atoms with Crippen molar-refractivity contribution in [3.8, 4) is 16.9 Å². The zero-order chi connectivity index (χ0) is 35.5. The first-order valence-electron chi connectivity index (χ1n) is 18.5. The van der Waals surface area contributed by atoms with E-state index >= 15 is 0 Å². The lowest BCUT2D eigenvalue weighted by atomic mass is 9.51. The molecule has 7 rings (SSSR count). The van der Waals surface area contributed by atoms with Crippen molar-refractivity contribution in [2.75, 3.05) is 31.7 Å². The normalized spacial score (nSPS) is 24.8. The van der Waals surface area contributed by atoms with Gasteiger partial charge in [0.25, 0.3) is 0 Å². The molecule has 0 aliphatic heterocycles. The number of carbonyl (C=O) groups excluding carboxylic acids is 2. The third-order valence-corrected chi connectivity index (χ3v) is 11.7. The molecule has 0 radical (unpaired) electrons. The third kappa shape index (κ3) is 7.70. The molecule has 3 aromatic rings. The second-order valence-corrected chi connectivity index (χ2v) is 16.0. The lowest BCUT2D eigenvalue weighted by Crippen LogP contribution is -2.52. The van der Waals surface area contributed by atoms with Gasteiger partial charge in [-0.15, -0.1) is 0 Å². The Kier molecular flexibility index (Phi) is 10.6. The van der Waals surface area contributed by atoms with E-state index in [9.17, 15) is 9.59 Å². The number of anilines is 1. The highest BCUT2D eigenvalue weighted by molar-refractivity contribution is 5.95. The van der Waals surface area contributed by atoms with Crippen LogP contribution in [0.25, 0.3) is 11.1 Å². The molecule has 0 unspecified atom stereocenters.